The molecule has 0 bridgehead atoms. The van der Waals surface area contributed by atoms with Crippen molar-refractivity contribution in [2.24, 2.45) is 0 Å². The Hall–Kier alpha value is -6.30. The average molecular weight is 743 g/mol. The first-order valence-electron chi connectivity index (χ1n) is 15.7. The van der Waals surface area contributed by atoms with Crippen molar-refractivity contribution in [3.8, 4) is 34.3 Å². The second kappa shape index (κ2) is 16.8. The van der Waals surface area contributed by atoms with E-state index in [2.05, 4.69) is 0 Å². The van der Waals surface area contributed by atoms with Crippen molar-refractivity contribution in [3.63, 3.8) is 0 Å². The number of carbonyl (C=O) groups is 7. The summed E-state index contributed by atoms with van der Waals surface area (Å²) >= 11 is 0. The highest BCUT2D eigenvalue weighted by molar-refractivity contribution is 5.89. The minimum absolute atomic E-state index is 0.0801. The van der Waals surface area contributed by atoms with Gasteiger partial charge in [0.1, 0.15) is 40.9 Å². The summed E-state index contributed by atoms with van der Waals surface area (Å²) in [5.74, 6) is -6.42. The first-order chi connectivity index (χ1) is 24.9. The molecule has 0 spiro atoms. The van der Waals surface area contributed by atoms with Crippen LogP contribution in [0.3, 0.4) is 0 Å². The first kappa shape index (κ1) is 39.5. The zero-order chi connectivity index (χ0) is 39.1. The zero-order valence-electron chi connectivity index (χ0n) is 29.4. The summed E-state index contributed by atoms with van der Waals surface area (Å²) in [6.45, 7) is 7.10. The third kappa shape index (κ3) is 10.4. The van der Waals surface area contributed by atoms with Crippen LogP contribution < -0.4 is 24.4 Å². The number of rotatable bonds is 11. The molecule has 5 atom stereocenters. The third-order valence-electron chi connectivity index (χ3n) is 6.96. The minimum Gasteiger partial charge on any atom is -0.463 e. The van der Waals surface area contributed by atoms with Gasteiger partial charge in [-0.15, -0.1) is 0 Å². The summed E-state index contributed by atoms with van der Waals surface area (Å²) < 4.78 is 55.0. The van der Waals surface area contributed by atoms with Gasteiger partial charge in [-0.2, -0.15) is 0 Å². The SMILES string of the molecule is CC(=O)OC[C@H]1O[C@@H](Oc2cc(OC(C)=O)c3c(=O)cc(-c4ccc(OC(C)=O)c(OC(C)=O)c4)oc3c2)[C@H](OC(C)=O)[C@@H](OC(C)=O)[C@@H]1OC(C)=O. The lowest BCUT2D eigenvalue weighted by Crippen LogP contribution is -2.63. The fourth-order valence-corrected chi connectivity index (χ4v) is 5.23. The third-order valence-corrected chi connectivity index (χ3v) is 6.96. The molecule has 0 aliphatic carbocycles. The molecule has 1 aliphatic rings. The van der Waals surface area contributed by atoms with Gasteiger partial charge in [0, 0.05) is 72.2 Å². The summed E-state index contributed by atoms with van der Waals surface area (Å²) in [7, 11) is 0. The summed E-state index contributed by atoms with van der Waals surface area (Å²) in [4.78, 5) is 97.2. The van der Waals surface area contributed by atoms with Gasteiger partial charge in [0.05, 0.1) is 0 Å². The minimum atomic E-state index is -1.69. The lowest BCUT2D eigenvalue weighted by atomic mass is 9.98. The molecule has 18 heteroatoms. The Morgan fingerprint density at radius 2 is 1.17 bits per heavy atom. The molecule has 3 aromatic rings. The molecule has 4 rings (SSSR count). The van der Waals surface area contributed by atoms with E-state index in [1.165, 1.54) is 24.3 Å². The highest BCUT2D eigenvalue weighted by atomic mass is 16.7. The van der Waals surface area contributed by atoms with Crippen LogP contribution in [0.25, 0.3) is 22.3 Å². The number of carbonyl (C=O) groups excluding carboxylic acids is 7. The lowest BCUT2D eigenvalue weighted by molar-refractivity contribution is -0.288. The molecular formula is C35H34O18. The molecular weight excluding hydrogens is 708 g/mol. The van der Waals surface area contributed by atoms with Crippen molar-refractivity contribution in [2.75, 3.05) is 6.61 Å². The van der Waals surface area contributed by atoms with E-state index in [4.69, 9.17) is 47.0 Å². The van der Waals surface area contributed by atoms with Crippen LogP contribution in [-0.2, 0) is 57.2 Å². The number of hydrogen-bond acceptors (Lipinski definition) is 18. The second-order valence-corrected chi connectivity index (χ2v) is 11.4. The van der Waals surface area contributed by atoms with Gasteiger partial charge in [0.15, 0.2) is 29.1 Å². The Morgan fingerprint density at radius 1 is 0.604 bits per heavy atom. The maximum absolute atomic E-state index is 13.5. The van der Waals surface area contributed by atoms with Crippen LogP contribution in [0.15, 0.2) is 45.6 Å². The molecule has 0 unspecified atom stereocenters. The monoisotopic (exact) mass is 742 g/mol. The standard InChI is InChI=1S/C35H34O18/c1-15(36)44-14-30-32(48-19(5)40)33(49-20(6)41)34(50-21(7)42)35(53-30)51-23-11-28(47-18(4)39)31-24(43)13-26(52-29(31)12-23)22-8-9-25(45-16(2)37)27(10-22)46-17(3)38/h8-13,30,32-35H,14H2,1-7H3/t30-,32-,33+,34-,35-/m1/s1. The molecule has 0 radical (unpaired) electrons. The topological polar surface area (TPSA) is 233 Å². The molecule has 1 aromatic heterocycles. The second-order valence-electron chi connectivity index (χ2n) is 11.4. The quantitative estimate of drug-likeness (QED) is 0.156. The van der Waals surface area contributed by atoms with Crippen molar-refractivity contribution < 1.29 is 80.6 Å². The molecule has 0 N–H and O–H groups in total. The summed E-state index contributed by atoms with van der Waals surface area (Å²) in [5, 5.41) is -0.199. The number of benzene rings is 2. The van der Waals surface area contributed by atoms with Crippen LogP contribution in [0.2, 0.25) is 0 Å². The van der Waals surface area contributed by atoms with Gasteiger partial charge in [-0.3, -0.25) is 38.4 Å². The van der Waals surface area contributed by atoms with E-state index in [1.54, 1.807) is 0 Å². The van der Waals surface area contributed by atoms with Crippen LogP contribution in [0.5, 0.6) is 23.0 Å². The lowest BCUT2D eigenvalue weighted by Gasteiger charge is -2.43. The fraction of sp³-hybridized carbons (Fsp3) is 0.371. The molecule has 53 heavy (non-hydrogen) atoms. The van der Waals surface area contributed by atoms with Crippen LogP contribution in [0.1, 0.15) is 48.5 Å². The van der Waals surface area contributed by atoms with Gasteiger partial charge in [-0.1, -0.05) is 0 Å². The maximum atomic E-state index is 13.5. The van der Waals surface area contributed by atoms with Gasteiger partial charge in [0.2, 0.25) is 12.4 Å². The van der Waals surface area contributed by atoms with E-state index in [1.807, 2.05) is 0 Å². The van der Waals surface area contributed by atoms with Gasteiger partial charge in [-0.05, 0) is 18.2 Å². The van der Waals surface area contributed by atoms with E-state index in [0.717, 1.165) is 60.6 Å². The highest BCUT2D eigenvalue weighted by Crippen LogP contribution is 2.38. The van der Waals surface area contributed by atoms with Crippen LogP contribution in [0.4, 0.5) is 0 Å². The molecule has 282 valence electrons. The molecule has 18 nitrogen and oxygen atoms in total. The number of hydrogen-bond donors (Lipinski definition) is 0. The molecule has 0 amide bonds. The van der Waals surface area contributed by atoms with Crippen LogP contribution >= 0.6 is 0 Å². The maximum Gasteiger partial charge on any atom is 0.308 e. The molecule has 2 aromatic carbocycles. The van der Waals surface area contributed by atoms with Gasteiger partial charge >= 0.3 is 41.8 Å². The summed E-state index contributed by atoms with van der Waals surface area (Å²) in [6, 6.07) is 7.44. The molecule has 1 saturated heterocycles. The predicted octanol–water partition coefficient (Wildman–Crippen LogP) is 2.70. The molecule has 0 saturated carbocycles. The van der Waals surface area contributed by atoms with E-state index < -0.39 is 84.5 Å². The van der Waals surface area contributed by atoms with E-state index in [-0.39, 0.29) is 45.3 Å². The van der Waals surface area contributed by atoms with Gasteiger partial charge < -0.3 is 47.0 Å². The molecule has 2 heterocycles. The Labute approximate surface area is 300 Å². The molecule has 1 fully saturated rings. The molecule has 1 aliphatic heterocycles. The van der Waals surface area contributed by atoms with Crippen molar-refractivity contribution >= 4 is 52.8 Å². The van der Waals surface area contributed by atoms with Crippen molar-refractivity contribution in [3.05, 3.63) is 46.6 Å². The van der Waals surface area contributed by atoms with Crippen molar-refractivity contribution in [1.82, 2.24) is 0 Å². The summed E-state index contributed by atoms with van der Waals surface area (Å²) in [5.41, 5.74) is -0.699. The Kier molecular flexibility index (Phi) is 12.5. The van der Waals surface area contributed by atoms with E-state index in [9.17, 15) is 38.4 Å². The Balaban J connectivity index is 1.87. The van der Waals surface area contributed by atoms with E-state index in [0.29, 0.717) is 0 Å². The van der Waals surface area contributed by atoms with E-state index >= 15 is 0 Å². The van der Waals surface area contributed by atoms with Crippen molar-refractivity contribution in [1.29, 1.82) is 0 Å². The number of esters is 7. The van der Waals surface area contributed by atoms with Gasteiger partial charge in [-0.25, -0.2) is 0 Å². The summed E-state index contributed by atoms with van der Waals surface area (Å²) in [6.07, 6.45) is -7.66. The Bertz CT molecular complexity index is 2010. The Morgan fingerprint density at radius 3 is 1.75 bits per heavy atom. The number of fused-ring (bicyclic) bond motifs is 1. The highest BCUT2D eigenvalue weighted by Gasteiger charge is 2.53. The van der Waals surface area contributed by atoms with Gasteiger partial charge in [0.25, 0.3) is 0 Å². The predicted molar refractivity (Wildman–Crippen MR) is 174 cm³/mol. The smallest absolute Gasteiger partial charge is 0.308 e. The number of ether oxygens (including phenoxy) is 9. The van der Waals surface area contributed by atoms with Crippen LogP contribution in [-0.4, -0.2) is 79.1 Å². The fourth-order valence-electron chi connectivity index (χ4n) is 5.23. The zero-order valence-corrected chi connectivity index (χ0v) is 29.4. The average Bonchev–Trinajstić information content (AvgIpc) is 3.02. The normalized spacial score (nSPS) is 19.3. The largest absolute Gasteiger partial charge is 0.463 e. The first-order valence-corrected chi connectivity index (χ1v) is 15.7. The van der Waals surface area contributed by atoms with Crippen molar-refractivity contribution in [2.45, 2.75) is 79.2 Å². The van der Waals surface area contributed by atoms with Crippen LogP contribution in [0, 0.1) is 0 Å².